The highest BCUT2D eigenvalue weighted by Gasteiger charge is 2.31. The second-order valence-electron chi connectivity index (χ2n) is 6.92. The van der Waals surface area contributed by atoms with Crippen LogP contribution in [0.2, 0.25) is 0 Å². The van der Waals surface area contributed by atoms with Crippen LogP contribution in [0.15, 0.2) is 0 Å². The molecule has 1 aliphatic carbocycles. The van der Waals surface area contributed by atoms with Crippen LogP contribution in [0, 0.1) is 5.92 Å². The fourth-order valence-corrected chi connectivity index (χ4v) is 4.26. The highest BCUT2D eigenvalue weighted by molar-refractivity contribution is 4.86. The van der Waals surface area contributed by atoms with Crippen LogP contribution in [0.1, 0.15) is 78.1 Å². The summed E-state index contributed by atoms with van der Waals surface area (Å²) in [6.45, 7) is 5.58. The molecule has 0 aromatic carbocycles. The first-order valence-corrected chi connectivity index (χ1v) is 8.64. The van der Waals surface area contributed by atoms with Crippen molar-refractivity contribution >= 4 is 0 Å². The van der Waals surface area contributed by atoms with Crippen molar-refractivity contribution in [2.24, 2.45) is 5.92 Å². The molecule has 1 aliphatic heterocycles. The summed E-state index contributed by atoms with van der Waals surface area (Å²) in [6.07, 6.45) is 13.3. The molecule has 0 amide bonds. The maximum atomic E-state index is 9.78. The lowest BCUT2D eigenvalue weighted by molar-refractivity contribution is 0.0556. The van der Waals surface area contributed by atoms with Crippen LogP contribution in [-0.2, 0) is 0 Å². The highest BCUT2D eigenvalue weighted by atomic mass is 16.3. The lowest BCUT2D eigenvalue weighted by Gasteiger charge is -2.41. The highest BCUT2D eigenvalue weighted by Crippen LogP contribution is 2.33. The predicted octanol–water partition coefficient (Wildman–Crippen LogP) is 3.97. The minimum absolute atomic E-state index is 0.142. The average molecular weight is 267 g/mol. The quantitative estimate of drug-likeness (QED) is 0.833. The van der Waals surface area contributed by atoms with Gasteiger partial charge in [0.05, 0.1) is 6.10 Å². The van der Waals surface area contributed by atoms with Gasteiger partial charge in [0.15, 0.2) is 0 Å². The maximum Gasteiger partial charge on any atom is 0.0527 e. The fourth-order valence-electron chi connectivity index (χ4n) is 4.26. The van der Waals surface area contributed by atoms with Gasteiger partial charge in [-0.1, -0.05) is 39.0 Å². The Hall–Kier alpha value is -0.0800. The van der Waals surface area contributed by atoms with E-state index < -0.39 is 0 Å². The van der Waals surface area contributed by atoms with Crippen LogP contribution in [-0.4, -0.2) is 34.7 Å². The summed E-state index contributed by atoms with van der Waals surface area (Å²) in [7, 11) is 0. The Morgan fingerprint density at radius 1 is 1.11 bits per heavy atom. The largest absolute Gasteiger partial charge is 0.393 e. The smallest absolute Gasteiger partial charge is 0.0527 e. The Bertz CT molecular complexity index is 254. The Labute approximate surface area is 119 Å². The third kappa shape index (κ3) is 4.46. The first-order chi connectivity index (χ1) is 9.20. The molecule has 1 heterocycles. The standard InChI is InChI=1S/C17H33NO/c1-3-15-8-7-10-17(13-15)18-11-6-4-5-9-16(18)12-14(2)19/h14-17,19H,3-13H2,1-2H3. The van der Waals surface area contributed by atoms with E-state index in [1.54, 1.807) is 0 Å². The van der Waals surface area contributed by atoms with Gasteiger partial charge in [0.25, 0.3) is 0 Å². The van der Waals surface area contributed by atoms with Gasteiger partial charge in [-0.2, -0.15) is 0 Å². The molecule has 4 unspecified atom stereocenters. The second-order valence-corrected chi connectivity index (χ2v) is 6.92. The topological polar surface area (TPSA) is 23.5 Å². The lowest BCUT2D eigenvalue weighted by atomic mass is 9.82. The summed E-state index contributed by atoms with van der Waals surface area (Å²) in [5.74, 6) is 0.953. The van der Waals surface area contributed by atoms with Gasteiger partial charge in [0, 0.05) is 12.1 Å². The third-order valence-corrected chi connectivity index (χ3v) is 5.34. The van der Waals surface area contributed by atoms with Crippen molar-refractivity contribution in [2.75, 3.05) is 6.54 Å². The zero-order valence-electron chi connectivity index (χ0n) is 13.0. The van der Waals surface area contributed by atoms with Crippen molar-refractivity contribution in [2.45, 2.75) is 96.2 Å². The number of hydrogen-bond donors (Lipinski definition) is 1. The average Bonchev–Trinajstić information content (AvgIpc) is 2.63. The fraction of sp³-hybridized carbons (Fsp3) is 1.00. The van der Waals surface area contributed by atoms with Gasteiger partial charge in [-0.25, -0.2) is 0 Å². The number of aliphatic hydroxyl groups excluding tert-OH is 1. The molecule has 2 nitrogen and oxygen atoms in total. The summed E-state index contributed by atoms with van der Waals surface area (Å²) >= 11 is 0. The van der Waals surface area contributed by atoms with E-state index in [0.29, 0.717) is 6.04 Å². The molecule has 0 radical (unpaired) electrons. The van der Waals surface area contributed by atoms with E-state index >= 15 is 0 Å². The number of rotatable bonds is 4. The van der Waals surface area contributed by atoms with Crippen molar-refractivity contribution in [3.8, 4) is 0 Å². The molecule has 1 saturated carbocycles. The van der Waals surface area contributed by atoms with Crippen molar-refractivity contribution in [1.29, 1.82) is 0 Å². The SMILES string of the molecule is CCC1CCCC(N2CCCCCC2CC(C)O)C1. The zero-order valence-corrected chi connectivity index (χ0v) is 13.0. The van der Waals surface area contributed by atoms with Gasteiger partial charge in [0.2, 0.25) is 0 Å². The van der Waals surface area contributed by atoms with Crippen molar-refractivity contribution in [1.82, 2.24) is 4.90 Å². The molecule has 112 valence electrons. The van der Waals surface area contributed by atoms with Crippen molar-refractivity contribution in [3.05, 3.63) is 0 Å². The molecule has 0 aromatic heterocycles. The molecule has 2 heteroatoms. The summed E-state index contributed by atoms with van der Waals surface area (Å²) in [5.41, 5.74) is 0. The van der Waals surface area contributed by atoms with Crippen LogP contribution in [0.4, 0.5) is 0 Å². The molecule has 2 rings (SSSR count). The molecule has 19 heavy (non-hydrogen) atoms. The summed E-state index contributed by atoms with van der Waals surface area (Å²) in [5, 5.41) is 9.78. The summed E-state index contributed by atoms with van der Waals surface area (Å²) in [4.78, 5) is 2.79. The lowest BCUT2D eigenvalue weighted by Crippen LogP contribution is -2.46. The molecule has 2 aliphatic rings. The summed E-state index contributed by atoms with van der Waals surface area (Å²) in [6, 6.07) is 1.45. The number of likely N-dealkylation sites (tertiary alicyclic amines) is 1. The molecular formula is C17H33NO. The molecule has 4 atom stereocenters. The van der Waals surface area contributed by atoms with Gasteiger partial charge in [-0.3, -0.25) is 4.90 Å². The van der Waals surface area contributed by atoms with Crippen LogP contribution in [0.5, 0.6) is 0 Å². The first-order valence-electron chi connectivity index (χ1n) is 8.64. The monoisotopic (exact) mass is 267 g/mol. The predicted molar refractivity (Wildman–Crippen MR) is 81.3 cm³/mol. The molecule has 0 bridgehead atoms. The summed E-state index contributed by atoms with van der Waals surface area (Å²) < 4.78 is 0. The number of aliphatic hydroxyl groups is 1. The number of nitrogens with zero attached hydrogens (tertiary/aromatic N) is 1. The van der Waals surface area contributed by atoms with Crippen molar-refractivity contribution in [3.63, 3.8) is 0 Å². The van der Waals surface area contributed by atoms with E-state index in [4.69, 9.17) is 0 Å². The molecule has 1 saturated heterocycles. The Balaban J connectivity index is 1.99. The van der Waals surface area contributed by atoms with E-state index in [1.807, 2.05) is 6.92 Å². The minimum atomic E-state index is -0.142. The second kappa shape index (κ2) is 7.64. The van der Waals surface area contributed by atoms with Gasteiger partial charge in [0.1, 0.15) is 0 Å². The van der Waals surface area contributed by atoms with Crippen LogP contribution in [0.3, 0.4) is 0 Å². The minimum Gasteiger partial charge on any atom is -0.393 e. The molecule has 0 spiro atoms. The van der Waals surface area contributed by atoms with Crippen LogP contribution in [0.25, 0.3) is 0 Å². The Morgan fingerprint density at radius 3 is 2.68 bits per heavy atom. The van der Waals surface area contributed by atoms with E-state index in [-0.39, 0.29) is 6.10 Å². The number of hydrogen-bond acceptors (Lipinski definition) is 2. The van der Waals surface area contributed by atoms with Crippen LogP contribution < -0.4 is 0 Å². The molecule has 0 aromatic rings. The van der Waals surface area contributed by atoms with E-state index in [1.165, 1.54) is 64.3 Å². The van der Waals surface area contributed by atoms with Gasteiger partial charge in [-0.05, 0) is 51.5 Å². The van der Waals surface area contributed by atoms with Crippen LogP contribution >= 0.6 is 0 Å². The molecular weight excluding hydrogens is 234 g/mol. The van der Waals surface area contributed by atoms with Gasteiger partial charge in [-0.15, -0.1) is 0 Å². The Kier molecular flexibility index (Phi) is 6.15. The maximum absolute atomic E-state index is 9.78. The normalized spacial score (nSPS) is 35.8. The van der Waals surface area contributed by atoms with Crippen molar-refractivity contribution < 1.29 is 5.11 Å². The van der Waals surface area contributed by atoms with E-state index in [2.05, 4.69) is 11.8 Å². The van der Waals surface area contributed by atoms with Gasteiger partial charge < -0.3 is 5.11 Å². The first kappa shape index (κ1) is 15.3. The molecule has 1 N–H and O–H groups in total. The third-order valence-electron chi connectivity index (χ3n) is 5.34. The van der Waals surface area contributed by atoms with E-state index in [0.717, 1.165) is 18.4 Å². The zero-order chi connectivity index (χ0) is 13.7. The Morgan fingerprint density at radius 2 is 1.95 bits per heavy atom. The van der Waals surface area contributed by atoms with E-state index in [9.17, 15) is 5.11 Å². The van der Waals surface area contributed by atoms with Gasteiger partial charge >= 0.3 is 0 Å². The molecule has 2 fully saturated rings.